The van der Waals surface area contributed by atoms with Crippen LogP contribution in [0.1, 0.15) is 31.2 Å². The highest BCUT2D eigenvalue weighted by Crippen LogP contribution is 2.49. The Morgan fingerprint density at radius 3 is 2.46 bits per heavy atom. The van der Waals surface area contributed by atoms with Gasteiger partial charge in [0.05, 0.1) is 17.4 Å². The van der Waals surface area contributed by atoms with E-state index in [1.54, 1.807) is 7.11 Å². The van der Waals surface area contributed by atoms with Crippen molar-refractivity contribution in [3.05, 3.63) is 35.9 Å². The summed E-state index contributed by atoms with van der Waals surface area (Å²) < 4.78 is 5.22. The van der Waals surface area contributed by atoms with Gasteiger partial charge in [-0.05, 0) is 56.7 Å². The fourth-order valence-electron chi connectivity index (χ4n) is 4.59. The van der Waals surface area contributed by atoms with Crippen LogP contribution in [0.25, 0.3) is 0 Å². The summed E-state index contributed by atoms with van der Waals surface area (Å²) in [5.74, 6) is -0.493. The number of likely N-dealkylation sites (tertiary alicyclic amines) is 1. The lowest BCUT2D eigenvalue weighted by molar-refractivity contribution is -0.164. The molecule has 1 saturated heterocycles. The second kappa shape index (κ2) is 7.89. The van der Waals surface area contributed by atoms with E-state index in [0.717, 1.165) is 51.5 Å². The van der Waals surface area contributed by atoms with Crippen molar-refractivity contribution in [1.82, 2.24) is 4.90 Å². The zero-order chi connectivity index (χ0) is 18.6. The van der Waals surface area contributed by atoms with Crippen LogP contribution in [0.2, 0.25) is 0 Å². The highest BCUT2D eigenvalue weighted by atomic mass is 16.5. The molecule has 1 aliphatic heterocycles. The van der Waals surface area contributed by atoms with Crippen LogP contribution in [0.15, 0.2) is 30.3 Å². The van der Waals surface area contributed by atoms with Crippen LogP contribution < -0.4 is 0 Å². The number of benzene rings is 1. The highest BCUT2D eigenvalue weighted by Gasteiger charge is 2.53. The van der Waals surface area contributed by atoms with E-state index in [9.17, 15) is 14.7 Å². The van der Waals surface area contributed by atoms with Crippen molar-refractivity contribution >= 4 is 12.3 Å². The molecule has 5 nitrogen and oxygen atoms in total. The number of nitrogens with zero attached hydrogens (tertiary/aromatic N) is 1. The maximum atomic E-state index is 12.2. The highest BCUT2D eigenvalue weighted by molar-refractivity contribution is 5.76. The van der Waals surface area contributed by atoms with Crippen LogP contribution in [-0.2, 0) is 20.7 Å². The molecule has 2 atom stereocenters. The third-order valence-corrected chi connectivity index (χ3v) is 6.51. The van der Waals surface area contributed by atoms with E-state index < -0.39 is 16.8 Å². The Bertz CT molecular complexity index is 624. The first-order valence-electron chi connectivity index (χ1n) is 9.48. The number of aliphatic carboxylic acids is 1. The molecule has 1 aromatic carbocycles. The molecule has 0 spiro atoms. The number of carbonyl (C=O) groups is 2. The monoisotopic (exact) mass is 359 g/mol. The SMILES string of the molecule is COCC1(C=O)CCN(CC2(C(=O)O)CCC2Cc2ccccc2)CC1. The molecular formula is C21H29NO4. The summed E-state index contributed by atoms with van der Waals surface area (Å²) in [6, 6.07) is 10.2. The number of carbonyl (C=O) groups excluding carboxylic acids is 1. The predicted molar refractivity (Wildman–Crippen MR) is 99.0 cm³/mol. The first-order valence-corrected chi connectivity index (χ1v) is 9.48. The van der Waals surface area contributed by atoms with Gasteiger partial charge in [0.1, 0.15) is 6.29 Å². The number of rotatable bonds is 8. The van der Waals surface area contributed by atoms with Crippen molar-refractivity contribution in [2.45, 2.75) is 32.1 Å². The van der Waals surface area contributed by atoms with Crippen LogP contribution in [0.3, 0.4) is 0 Å². The molecular weight excluding hydrogens is 330 g/mol. The molecule has 1 N–H and O–H groups in total. The molecule has 0 amide bonds. The Labute approximate surface area is 155 Å². The van der Waals surface area contributed by atoms with Crippen LogP contribution in [0.5, 0.6) is 0 Å². The van der Waals surface area contributed by atoms with Gasteiger partial charge in [-0.1, -0.05) is 30.3 Å². The molecule has 26 heavy (non-hydrogen) atoms. The van der Waals surface area contributed by atoms with Crippen LogP contribution in [0.4, 0.5) is 0 Å². The third-order valence-electron chi connectivity index (χ3n) is 6.51. The molecule has 0 aromatic heterocycles. The Kier molecular flexibility index (Phi) is 5.78. The van der Waals surface area contributed by atoms with Crippen LogP contribution >= 0.6 is 0 Å². The van der Waals surface area contributed by atoms with E-state index in [2.05, 4.69) is 17.0 Å². The Morgan fingerprint density at radius 1 is 1.27 bits per heavy atom. The predicted octanol–water partition coefficient (Wildman–Crippen LogP) is 2.64. The second-order valence-electron chi connectivity index (χ2n) is 8.08. The normalized spacial score (nSPS) is 28.3. The van der Waals surface area contributed by atoms with Gasteiger partial charge in [-0.2, -0.15) is 0 Å². The van der Waals surface area contributed by atoms with Gasteiger partial charge in [-0.3, -0.25) is 4.79 Å². The standard InChI is InChI=1S/C21H29NO4/c1-26-16-20(15-23)9-11-22(12-10-20)14-21(19(24)25)8-7-18(21)13-17-5-3-2-4-6-17/h2-6,15,18H,7-14,16H2,1H3,(H,24,25). The third kappa shape index (κ3) is 3.69. The van der Waals surface area contributed by atoms with E-state index in [0.29, 0.717) is 13.2 Å². The topological polar surface area (TPSA) is 66.8 Å². The average molecular weight is 359 g/mol. The van der Waals surface area contributed by atoms with Crippen LogP contribution in [0, 0.1) is 16.7 Å². The Hall–Kier alpha value is -1.72. The van der Waals surface area contributed by atoms with Gasteiger partial charge in [0.2, 0.25) is 0 Å². The molecule has 3 rings (SSSR count). The molecule has 0 radical (unpaired) electrons. The lowest BCUT2D eigenvalue weighted by atomic mass is 9.57. The van der Waals surface area contributed by atoms with Gasteiger partial charge in [0.25, 0.3) is 0 Å². The number of aldehydes is 1. The van der Waals surface area contributed by atoms with Crippen molar-refractivity contribution in [3.8, 4) is 0 Å². The van der Waals surface area contributed by atoms with Crippen molar-refractivity contribution in [1.29, 1.82) is 0 Å². The molecule has 5 heteroatoms. The molecule has 1 saturated carbocycles. The first kappa shape index (κ1) is 19.1. The summed E-state index contributed by atoms with van der Waals surface area (Å²) >= 11 is 0. The van der Waals surface area contributed by atoms with Gasteiger partial charge in [0, 0.05) is 13.7 Å². The van der Waals surface area contributed by atoms with Crippen molar-refractivity contribution in [3.63, 3.8) is 0 Å². The lowest BCUT2D eigenvalue weighted by Crippen LogP contribution is -2.56. The largest absolute Gasteiger partial charge is 0.481 e. The minimum atomic E-state index is -0.672. The van der Waals surface area contributed by atoms with Gasteiger partial charge in [-0.25, -0.2) is 0 Å². The maximum absolute atomic E-state index is 12.2. The quantitative estimate of drug-likeness (QED) is 0.723. The number of hydrogen-bond donors (Lipinski definition) is 1. The fraction of sp³-hybridized carbons (Fsp3) is 0.619. The molecule has 1 heterocycles. The van der Waals surface area contributed by atoms with E-state index in [4.69, 9.17) is 4.74 Å². The summed E-state index contributed by atoms with van der Waals surface area (Å²) in [5, 5.41) is 9.99. The summed E-state index contributed by atoms with van der Waals surface area (Å²) in [4.78, 5) is 25.9. The molecule has 2 unspecified atom stereocenters. The lowest BCUT2D eigenvalue weighted by Gasteiger charge is -2.50. The summed E-state index contributed by atoms with van der Waals surface area (Å²) in [5.41, 5.74) is 0.157. The first-order chi connectivity index (χ1) is 12.5. The van der Waals surface area contributed by atoms with E-state index in [1.165, 1.54) is 5.56 Å². The number of methoxy groups -OCH3 is 1. The molecule has 2 aliphatic rings. The number of ether oxygens (including phenoxy) is 1. The second-order valence-corrected chi connectivity index (χ2v) is 8.08. The number of hydrogen-bond acceptors (Lipinski definition) is 4. The van der Waals surface area contributed by atoms with E-state index in [-0.39, 0.29) is 5.92 Å². The zero-order valence-electron chi connectivity index (χ0n) is 15.5. The van der Waals surface area contributed by atoms with Gasteiger partial charge < -0.3 is 19.5 Å². The molecule has 1 aliphatic carbocycles. The summed E-state index contributed by atoms with van der Waals surface area (Å²) in [6.45, 7) is 2.55. The number of carboxylic acid groups (broad SMARTS) is 1. The fourth-order valence-corrected chi connectivity index (χ4v) is 4.59. The molecule has 142 valence electrons. The molecule has 1 aromatic rings. The number of piperidine rings is 1. The average Bonchev–Trinajstić information content (AvgIpc) is 2.65. The summed E-state index contributed by atoms with van der Waals surface area (Å²) in [6.07, 6.45) is 5.04. The van der Waals surface area contributed by atoms with Crippen LogP contribution in [-0.4, -0.2) is 55.6 Å². The minimum Gasteiger partial charge on any atom is -0.481 e. The Morgan fingerprint density at radius 2 is 1.96 bits per heavy atom. The van der Waals surface area contributed by atoms with Crippen molar-refractivity contribution in [2.75, 3.05) is 33.4 Å². The maximum Gasteiger partial charge on any atom is 0.311 e. The van der Waals surface area contributed by atoms with Gasteiger partial charge >= 0.3 is 5.97 Å². The van der Waals surface area contributed by atoms with Crippen molar-refractivity contribution < 1.29 is 19.4 Å². The van der Waals surface area contributed by atoms with Crippen molar-refractivity contribution in [2.24, 2.45) is 16.7 Å². The molecule has 0 bridgehead atoms. The smallest absolute Gasteiger partial charge is 0.311 e. The Balaban J connectivity index is 1.64. The van der Waals surface area contributed by atoms with E-state index in [1.807, 2.05) is 18.2 Å². The van der Waals surface area contributed by atoms with Gasteiger partial charge in [-0.15, -0.1) is 0 Å². The van der Waals surface area contributed by atoms with Gasteiger partial charge in [0.15, 0.2) is 0 Å². The number of carboxylic acids is 1. The minimum absolute atomic E-state index is 0.180. The van der Waals surface area contributed by atoms with E-state index >= 15 is 0 Å². The zero-order valence-corrected chi connectivity index (χ0v) is 15.5. The summed E-state index contributed by atoms with van der Waals surface area (Å²) in [7, 11) is 1.62. The molecule has 2 fully saturated rings.